The van der Waals surface area contributed by atoms with Crippen LogP contribution in [0.5, 0.6) is 5.75 Å². The van der Waals surface area contributed by atoms with Crippen LogP contribution in [0.25, 0.3) is 10.2 Å². The molecule has 1 atom stereocenters. The second kappa shape index (κ2) is 10.2. The number of hydrogen-bond donors (Lipinski definition) is 0. The number of carbonyl (C=O) groups is 1. The Morgan fingerprint density at radius 1 is 1.14 bits per heavy atom. The van der Waals surface area contributed by atoms with E-state index in [1.165, 1.54) is 34.9 Å². The second-order valence-electron chi connectivity index (χ2n) is 9.11. The third-order valence-electron chi connectivity index (χ3n) is 6.65. The van der Waals surface area contributed by atoms with Gasteiger partial charge in [0.1, 0.15) is 11.8 Å². The lowest BCUT2D eigenvalue weighted by Gasteiger charge is -2.28. The maximum atomic E-state index is 14.1. The third-order valence-corrected chi connectivity index (χ3v) is 9.78. The first kappa shape index (κ1) is 25.3. The Bertz CT molecular complexity index is 1500. The largest absolute Gasteiger partial charge is 0.497 e. The van der Waals surface area contributed by atoms with Crippen LogP contribution >= 0.6 is 11.3 Å². The zero-order chi connectivity index (χ0) is 26.2. The van der Waals surface area contributed by atoms with E-state index in [1.807, 2.05) is 38.1 Å². The minimum Gasteiger partial charge on any atom is -0.497 e. The van der Waals surface area contributed by atoms with Crippen LogP contribution in [0.2, 0.25) is 0 Å². The molecule has 0 radical (unpaired) electrons. The molecule has 0 saturated carbocycles. The lowest BCUT2D eigenvalue weighted by atomic mass is 10.1. The van der Waals surface area contributed by atoms with Crippen molar-refractivity contribution in [3.63, 3.8) is 0 Å². The predicted molar refractivity (Wildman–Crippen MR) is 144 cm³/mol. The Kier molecular flexibility index (Phi) is 6.98. The number of hydrogen-bond acceptors (Lipinski definition) is 7. The maximum absolute atomic E-state index is 14.1. The van der Waals surface area contributed by atoms with Crippen LogP contribution in [-0.2, 0) is 21.4 Å². The van der Waals surface area contributed by atoms with Crippen molar-refractivity contribution >= 4 is 42.6 Å². The highest BCUT2D eigenvalue weighted by atomic mass is 32.2. The van der Waals surface area contributed by atoms with Crippen molar-refractivity contribution in [2.45, 2.75) is 44.2 Å². The van der Waals surface area contributed by atoms with Gasteiger partial charge in [-0.05, 0) is 73.7 Å². The molecule has 192 valence electrons. The number of rotatable bonds is 7. The van der Waals surface area contributed by atoms with Gasteiger partial charge in [0.05, 0.1) is 28.8 Å². The van der Waals surface area contributed by atoms with Crippen LogP contribution in [-0.4, -0.2) is 48.3 Å². The highest BCUT2D eigenvalue weighted by molar-refractivity contribution is 7.89. The molecule has 5 rings (SSSR count). The normalized spacial score (nSPS) is 16.2. The van der Waals surface area contributed by atoms with Gasteiger partial charge in [0.25, 0.3) is 0 Å². The van der Waals surface area contributed by atoms with Crippen LogP contribution in [0.4, 0.5) is 5.13 Å². The molecule has 0 bridgehead atoms. The molecular weight excluding hydrogens is 508 g/mol. The molecule has 8 nitrogen and oxygen atoms in total. The number of anilines is 1. The summed E-state index contributed by atoms with van der Waals surface area (Å²) in [5, 5.41) is 0.551. The van der Waals surface area contributed by atoms with Gasteiger partial charge in [-0.1, -0.05) is 29.5 Å². The SMILES string of the molecule is COc1ccc(S(=O)(=O)N2CCCC2C(=O)N(Cc2cccnc2)c2nc3c(C)ccc(C)c3s2)cc1. The van der Waals surface area contributed by atoms with Crippen LogP contribution in [0.1, 0.15) is 29.5 Å². The van der Waals surface area contributed by atoms with Gasteiger partial charge in [0.15, 0.2) is 5.13 Å². The summed E-state index contributed by atoms with van der Waals surface area (Å²) in [6.07, 6.45) is 4.44. The lowest BCUT2D eigenvalue weighted by Crippen LogP contribution is -2.47. The van der Waals surface area contributed by atoms with Crippen molar-refractivity contribution in [2.24, 2.45) is 0 Å². The van der Waals surface area contributed by atoms with Gasteiger partial charge in [-0.2, -0.15) is 4.31 Å². The van der Waals surface area contributed by atoms with E-state index in [0.717, 1.165) is 26.9 Å². The number of aryl methyl sites for hydroxylation is 2. The summed E-state index contributed by atoms with van der Waals surface area (Å²) in [5.41, 5.74) is 3.81. The van der Waals surface area contributed by atoms with Gasteiger partial charge in [0, 0.05) is 18.9 Å². The summed E-state index contributed by atoms with van der Waals surface area (Å²) in [4.78, 5) is 24.9. The first-order chi connectivity index (χ1) is 17.8. The zero-order valence-electron chi connectivity index (χ0n) is 20.9. The smallest absolute Gasteiger partial charge is 0.247 e. The first-order valence-electron chi connectivity index (χ1n) is 12.0. The monoisotopic (exact) mass is 536 g/mol. The van der Waals surface area contributed by atoms with Gasteiger partial charge in [0.2, 0.25) is 15.9 Å². The Morgan fingerprint density at radius 3 is 2.57 bits per heavy atom. The summed E-state index contributed by atoms with van der Waals surface area (Å²) < 4.78 is 34.7. The third kappa shape index (κ3) is 4.84. The number of ether oxygens (including phenoxy) is 1. The van der Waals surface area contributed by atoms with Crippen LogP contribution < -0.4 is 9.64 Å². The fraction of sp³-hybridized carbons (Fsp3) is 0.296. The van der Waals surface area contributed by atoms with E-state index in [9.17, 15) is 13.2 Å². The van der Waals surface area contributed by atoms with E-state index in [0.29, 0.717) is 23.7 Å². The highest BCUT2D eigenvalue weighted by Crippen LogP contribution is 2.36. The molecule has 1 aliphatic rings. The van der Waals surface area contributed by atoms with E-state index in [1.54, 1.807) is 29.4 Å². The molecule has 1 aliphatic heterocycles. The quantitative estimate of drug-likeness (QED) is 0.340. The second-order valence-corrected chi connectivity index (χ2v) is 12.0. The summed E-state index contributed by atoms with van der Waals surface area (Å²) in [7, 11) is -2.36. The van der Waals surface area contributed by atoms with E-state index in [-0.39, 0.29) is 23.9 Å². The van der Waals surface area contributed by atoms with Gasteiger partial charge in [-0.3, -0.25) is 14.7 Å². The van der Waals surface area contributed by atoms with Crippen molar-refractivity contribution in [1.82, 2.24) is 14.3 Å². The number of nitrogens with zero attached hydrogens (tertiary/aromatic N) is 4. The Balaban J connectivity index is 1.53. The van der Waals surface area contributed by atoms with Crippen LogP contribution in [0.15, 0.2) is 65.8 Å². The summed E-state index contributed by atoms with van der Waals surface area (Å²) in [6.45, 7) is 4.55. The number of fused-ring (bicyclic) bond motifs is 1. The number of thiazole rings is 1. The van der Waals surface area contributed by atoms with E-state index >= 15 is 0 Å². The van der Waals surface area contributed by atoms with Crippen molar-refractivity contribution < 1.29 is 17.9 Å². The van der Waals surface area contributed by atoms with E-state index < -0.39 is 16.1 Å². The molecule has 3 heterocycles. The number of carbonyl (C=O) groups excluding carboxylic acids is 1. The molecule has 0 spiro atoms. The highest BCUT2D eigenvalue weighted by Gasteiger charge is 2.42. The van der Waals surface area contributed by atoms with Gasteiger partial charge >= 0.3 is 0 Å². The van der Waals surface area contributed by atoms with Gasteiger partial charge < -0.3 is 4.74 Å². The molecule has 1 fully saturated rings. The zero-order valence-corrected chi connectivity index (χ0v) is 22.6. The van der Waals surface area contributed by atoms with E-state index in [4.69, 9.17) is 9.72 Å². The van der Waals surface area contributed by atoms with Crippen molar-refractivity contribution in [2.75, 3.05) is 18.6 Å². The summed E-state index contributed by atoms with van der Waals surface area (Å²) >= 11 is 1.45. The molecule has 37 heavy (non-hydrogen) atoms. The van der Waals surface area contributed by atoms with Gasteiger partial charge in [-0.15, -0.1) is 0 Å². The fourth-order valence-electron chi connectivity index (χ4n) is 4.62. The molecular formula is C27H28N4O4S2. The predicted octanol–water partition coefficient (Wildman–Crippen LogP) is 4.70. The van der Waals surface area contributed by atoms with Crippen molar-refractivity contribution in [1.29, 1.82) is 0 Å². The van der Waals surface area contributed by atoms with Gasteiger partial charge in [-0.25, -0.2) is 13.4 Å². The fourth-order valence-corrected chi connectivity index (χ4v) is 7.38. The molecule has 10 heteroatoms. The average Bonchev–Trinajstić information content (AvgIpc) is 3.59. The lowest BCUT2D eigenvalue weighted by molar-refractivity contribution is -0.121. The Labute approximate surface area is 220 Å². The van der Waals surface area contributed by atoms with E-state index in [2.05, 4.69) is 4.98 Å². The maximum Gasteiger partial charge on any atom is 0.247 e. The first-order valence-corrected chi connectivity index (χ1v) is 14.3. The summed E-state index contributed by atoms with van der Waals surface area (Å²) in [5.74, 6) is 0.282. The molecule has 0 N–H and O–H groups in total. The molecule has 2 aromatic heterocycles. The number of amides is 1. The Hall–Kier alpha value is -3.34. The van der Waals surface area contributed by atoms with Crippen LogP contribution in [0.3, 0.4) is 0 Å². The number of pyridine rings is 1. The standard InChI is InChI=1S/C27H28N4O4S2/c1-18-8-9-19(2)25-24(18)29-27(36-25)30(17-20-6-4-14-28-16-20)26(32)23-7-5-15-31(23)37(33,34)22-12-10-21(35-3)11-13-22/h4,6,8-14,16,23H,5,7,15,17H2,1-3H3. The number of aromatic nitrogens is 2. The molecule has 4 aromatic rings. The summed E-state index contributed by atoms with van der Waals surface area (Å²) in [6, 6.07) is 13.2. The molecule has 1 saturated heterocycles. The van der Waals surface area contributed by atoms with Crippen molar-refractivity contribution in [3.8, 4) is 5.75 Å². The topological polar surface area (TPSA) is 92.7 Å². The molecule has 2 aromatic carbocycles. The minimum absolute atomic E-state index is 0.137. The van der Waals surface area contributed by atoms with Crippen molar-refractivity contribution in [3.05, 3.63) is 77.6 Å². The molecule has 1 amide bonds. The number of methoxy groups -OCH3 is 1. The average molecular weight is 537 g/mol. The van der Waals surface area contributed by atoms with Crippen LogP contribution in [0, 0.1) is 13.8 Å². The number of benzene rings is 2. The number of sulfonamides is 1. The molecule has 1 unspecified atom stereocenters. The minimum atomic E-state index is -3.88. The Morgan fingerprint density at radius 2 is 1.89 bits per heavy atom. The molecule has 0 aliphatic carbocycles.